The quantitative estimate of drug-likeness (QED) is 0.901. The Labute approximate surface area is 143 Å². The zero-order chi connectivity index (χ0) is 18.2. The molecular formula is C17H20F3N3O2. The standard InChI is InChI=1S/C17H20F3N3O2/c1-22(13-8-11-4-2-3-5-12(11)9-13)16(25)21-14-6-7-23(15(14)24)10-17(18,19)20/h2-5,13-14H,6-10H2,1H3,(H,21,25). The Morgan fingerprint density at radius 2 is 1.88 bits per heavy atom. The molecule has 25 heavy (non-hydrogen) atoms. The van der Waals surface area contributed by atoms with Crippen molar-refractivity contribution in [2.45, 2.75) is 37.5 Å². The van der Waals surface area contributed by atoms with Gasteiger partial charge >= 0.3 is 12.2 Å². The third-order valence-electron chi connectivity index (χ3n) is 4.86. The molecule has 3 amide bonds. The van der Waals surface area contributed by atoms with Gasteiger partial charge in [-0.3, -0.25) is 4.79 Å². The summed E-state index contributed by atoms with van der Waals surface area (Å²) in [5.41, 5.74) is 2.39. The number of halogens is 3. The molecular weight excluding hydrogens is 335 g/mol. The third kappa shape index (κ3) is 3.88. The minimum atomic E-state index is -4.43. The monoisotopic (exact) mass is 355 g/mol. The molecule has 1 fully saturated rings. The molecule has 0 aromatic heterocycles. The number of alkyl halides is 3. The summed E-state index contributed by atoms with van der Waals surface area (Å²) in [6.45, 7) is -1.27. The van der Waals surface area contributed by atoms with Gasteiger partial charge in [-0.25, -0.2) is 4.79 Å². The molecule has 3 rings (SSSR count). The highest BCUT2D eigenvalue weighted by molar-refractivity contribution is 5.88. The summed E-state index contributed by atoms with van der Waals surface area (Å²) >= 11 is 0. The normalized spacial score (nSPS) is 20.7. The minimum Gasteiger partial charge on any atom is -0.332 e. The average Bonchev–Trinajstić information content (AvgIpc) is 3.11. The van der Waals surface area contributed by atoms with Crippen LogP contribution in [-0.4, -0.2) is 60.1 Å². The maximum Gasteiger partial charge on any atom is 0.406 e. The number of carbonyl (C=O) groups excluding carboxylic acids is 2. The number of nitrogens with zero attached hydrogens (tertiary/aromatic N) is 2. The van der Waals surface area contributed by atoms with E-state index in [2.05, 4.69) is 5.32 Å². The van der Waals surface area contributed by atoms with Crippen LogP contribution in [0, 0.1) is 0 Å². The van der Waals surface area contributed by atoms with Crippen molar-refractivity contribution in [3.05, 3.63) is 35.4 Å². The van der Waals surface area contributed by atoms with E-state index in [4.69, 9.17) is 0 Å². The number of urea groups is 1. The minimum absolute atomic E-state index is 0.00186. The molecule has 0 radical (unpaired) electrons. The Bertz CT molecular complexity index is 652. The lowest BCUT2D eigenvalue weighted by Gasteiger charge is -2.26. The molecule has 136 valence electrons. The second-order valence-electron chi connectivity index (χ2n) is 6.61. The van der Waals surface area contributed by atoms with E-state index in [1.54, 1.807) is 11.9 Å². The number of carbonyl (C=O) groups is 2. The van der Waals surface area contributed by atoms with Crippen molar-refractivity contribution in [3.8, 4) is 0 Å². The number of fused-ring (bicyclic) bond motifs is 1. The molecule has 1 N–H and O–H groups in total. The molecule has 1 aliphatic carbocycles. The van der Waals surface area contributed by atoms with Gasteiger partial charge in [0.25, 0.3) is 0 Å². The van der Waals surface area contributed by atoms with Gasteiger partial charge in [0.05, 0.1) is 0 Å². The van der Waals surface area contributed by atoms with E-state index in [9.17, 15) is 22.8 Å². The van der Waals surface area contributed by atoms with Crippen LogP contribution in [0.4, 0.5) is 18.0 Å². The SMILES string of the molecule is CN(C(=O)NC1CCN(CC(F)(F)F)C1=O)C1Cc2ccccc2C1. The van der Waals surface area contributed by atoms with Gasteiger partial charge < -0.3 is 15.1 Å². The molecule has 0 bridgehead atoms. The summed E-state index contributed by atoms with van der Waals surface area (Å²) in [7, 11) is 1.65. The fourth-order valence-electron chi connectivity index (χ4n) is 3.47. The van der Waals surface area contributed by atoms with Crippen molar-refractivity contribution in [1.29, 1.82) is 0 Å². The van der Waals surface area contributed by atoms with Crippen LogP contribution in [-0.2, 0) is 17.6 Å². The van der Waals surface area contributed by atoms with Crippen LogP contribution in [0.3, 0.4) is 0 Å². The molecule has 1 aromatic rings. The first-order chi connectivity index (χ1) is 11.7. The van der Waals surface area contributed by atoms with Crippen LogP contribution in [0.1, 0.15) is 17.5 Å². The second-order valence-corrected chi connectivity index (χ2v) is 6.61. The van der Waals surface area contributed by atoms with Crippen LogP contribution < -0.4 is 5.32 Å². The van der Waals surface area contributed by atoms with E-state index in [0.29, 0.717) is 0 Å². The van der Waals surface area contributed by atoms with Gasteiger partial charge in [0.1, 0.15) is 12.6 Å². The van der Waals surface area contributed by atoms with E-state index in [0.717, 1.165) is 17.7 Å². The van der Waals surface area contributed by atoms with Crippen molar-refractivity contribution < 1.29 is 22.8 Å². The molecule has 2 aliphatic rings. The summed E-state index contributed by atoms with van der Waals surface area (Å²) in [5.74, 6) is -0.672. The molecule has 1 aromatic carbocycles. The van der Waals surface area contributed by atoms with E-state index in [-0.39, 0.29) is 19.0 Å². The van der Waals surface area contributed by atoms with Crippen LogP contribution >= 0.6 is 0 Å². The fraction of sp³-hybridized carbons (Fsp3) is 0.529. The molecule has 0 spiro atoms. The van der Waals surface area contributed by atoms with Gasteiger partial charge in [-0.05, 0) is 30.4 Å². The number of rotatable bonds is 3. The summed E-state index contributed by atoms with van der Waals surface area (Å²) in [4.78, 5) is 26.7. The predicted molar refractivity (Wildman–Crippen MR) is 85.0 cm³/mol. The van der Waals surface area contributed by atoms with E-state index < -0.39 is 30.7 Å². The molecule has 0 saturated carbocycles. The Morgan fingerprint density at radius 3 is 2.44 bits per heavy atom. The van der Waals surface area contributed by atoms with Crippen LogP contribution in [0.5, 0.6) is 0 Å². The van der Waals surface area contributed by atoms with Crippen molar-refractivity contribution in [2.75, 3.05) is 20.1 Å². The Morgan fingerprint density at radius 1 is 1.28 bits per heavy atom. The van der Waals surface area contributed by atoms with Crippen molar-refractivity contribution in [2.24, 2.45) is 0 Å². The topological polar surface area (TPSA) is 52.7 Å². The Kier molecular flexibility index (Phi) is 4.62. The summed E-state index contributed by atoms with van der Waals surface area (Å²) in [6, 6.07) is 6.63. The Hall–Kier alpha value is -2.25. The van der Waals surface area contributed by atoms with Crippen LogP contribution in [0.25, 0.3) is 0 Å². The molecule has 5 nitrogen and oxygen atoms in total. The lowest BCUT2D eigenvalue weighted by Crippen LogP contribution is -2.50. The maximum absolute atomic E-state index is 12.4. The van der Waals surface area contributed by atoms with Gasteiger partial charge in [0.15, 0.2) is 0 Å². The van der Waals surface area contributed by atoms with Gasteiger partial charge in [0.2, 0.25) is 5.91 Å². The number of hydrogen-bond acceptors (Lipinski definition) is 2. The highest BCUT2D eigenvalue weighted by Crippen LogP contribution is 2.25. The molecule has 8 heteroatoms. The van der Waals surface area contributed by atoms with E-state index in [1.165, 1.54) is 11.1 Å². The van der Waals surface area contributed by atoms with Gasteiger partial charge in [-0.2, -0.15) is 13.2 Å². The van der Waals surface area contributed by atoms with E-state index in [1.807, 2.05) is 24.3 Å². The molecule has 1 aliphatic heterocycles. The van der Waals surface area contributed by atoms with Crippen molar-refractivity contribution >= 4 is 11.9 Å². The fourth-order valence-corrected chi connectivity index (χ4v) is 3.47. The van der Waals surface area contributed by atoms with Gasteiger partial charge in [-0.1, -0.05) is 24.3 Å². The van der Waals surface area contributed by atoms with Gasteiger partial charge in [-0.15, -0.1) is 0 Å². The molecule has 1 heterocycles. The summed E-state index contributed by atoms with van der Waals surface area (Å²) in [6.07, 6.45) is -2.77. The number of hydrogen-bond donors (Lipinski definition) is 1. The van der Waals surface area contributed by atoms with E-state index >= 15 is 0 Å². The number of nitrogens with one attached hydrogen (secondary N) is 1. The van der Waals surface area contributed by atoms with Crippen LogP contribution in [0.2, 0.25) is 0 Å². The number of benzene rings is 1. The highest BCUT2D eigenvalue weighted by Gasteiger charge is 2.40. The van der Waals surface area contributed by atoms with Gasteiger partial charge in [0, 0.05) is 19.6 Å². The third-order valence-corrected chi connectivity index (χ3v) is 4.86. The lowest BCUT2D eigenvalue weighted by molar-refractivity contribution is -0.157. The zero-order valence-corrected chi connectivity index (χ0v) is 13.8. The average molecular weight is 355 g/mol. The second kappa shape index (κ2) is 6.57. The molecule has 1 atom stereocenters. The zero-order valence-electron chi connectivity index (χ0n) is 13.8. The first kappa shape index (κ1) is 17.6. The lowest BCUT2D eigenvalue weighted by atomic mass is 10.1. The highest BCUT2D eigenvalue weighted by atomic mass is 19.4. The first-order valence-corrected chi connectivity index (χ1v) is 8.20. The number of likely N-dealkylation sites (tertiary alicyclic amines) is 1. The molecule has 1 saturated heterocycles. The maximum atomic E-state index is 12.4. The smallest absolute Gasteiger partial charge is 0.332 e. The Balaban J connectivity index is 1.55. The number of likely N-dealkylation sites (N-methyl/N-ethyl adjacent to an activating group) is 1. The first-order valence-electron chi connectivity index (χ1n) is 8.20. The van der Waals surface area contributed by atoms with Crippen LogP contribution in [0.15, 0.2) is 24.3 Å². The summed E-state index contributed by atoms with van der Waals surface area (Å²) < 4.78 is 37.3. The predicted octanol–water partition coefficient (Wildman–Crippen LogP) is 1.96. The number of amides is 3. The van der Waals surface area contributed by atoms with Crippen molar-refractivity contribution in [1.82, 2.24) is 15.1 Å². The van der Waals surface area contributed by atoms with Crippen molar-refractivity contribution in [3.63, 3.8) is 0 Å². The summed E-state index contributed by atoms with van der Waals surface area (Å²) in [5, 5.41) is 2.58. The largest absolute Gasteiger partial charge is 0.406 e. The molecule has 1 unspecified atom stereocenters.